The van der Waals surface area contributed by atoms with Gasteiger partial charge < -0.3 is 5.32 Å². The second-order valence-corrected chi connectivity index (χ2v) is 6.02. The molecule has 0 fully saturated rings. The van der Waals surface area contributed by atoms with Crippen LogP contribution in [0, 0.1) is 6.92 Å². The summed E-state index contributed by atoms with van der Waals surface area (Å²) in [7, 11) is 0. The van der Waals surface area contributed by atoms with Gasteiger partial charge in [0.1, 0.15) is 5.52 Å². The van der Waals surface area contributed by atoms with Crippen LogP contribution in [0.15, 0.2) is 66.9 Å². The smallest absolute Gasteiger partial charge is 0.251 e. The van der Waals surface area contributed by atoms with E-state index < -0.39 is 0 Å². The van der Waals surface area contributed by atoms with Crippen molar-refractivity contribution in [3.05, 3.63) is 83.6 Å². The number of amides is 1. The highest BCUT2D eigenvalue weighted by atomic mass is 16.1. The SMILES string of the molecule is Cc1ccc(C(=O)NCc2ccccc2)cc1-n1nnc2cccnc21. The Morgan fingerprint density at radius 1 is 1.08 bits per heavy atom. The number of carbonyl (C=O) groups excluding carboxylic acids is 1. The minimum absolute atomic E-state index is 0.132. The van der Waals surface area contributed by atoms with Gasteiger partial charge in [0, 0.05) is 18.3 Å². The molecule has 0 spiro atoms. The maximum atomic E-state index is 12.5. The van der Waals surface area contributed by atoms with E-state index in [0.717, 1.165) is 16.8 Å². The van der Waals surface area contributed by atoms with Gasteiger partial charge in [0.25, 0.3) is 5.91 Å². The maximum Gasteiger partial charge on any atom is 0.251 e. The highest BCUT2D eigenvalue weighted by molar-refractivity contribution is 5.95. The van der Waals surface area contributed by atoms with Gasteiger partial charge in [-0.1, -0.05) is 41.6 Å². The number of benzene rings is 2. The largest absolute Gasteiger partial charge is 0.348 e. The molecule has 0 aliphatic rings. The Morgan fingerprint density at radius 3 is 2.77 bits per heavy atom. The number of nitrogens with zero attached hydrogens (tertiary/aromatic N) is 4. The number of pyridine rings is 1. The zero-order chi connectivity index (χ0) is 17.9. The Hall–Kier alpha value is -3.54. The molecule has 0 radical (unpaired) electrons. The van der Waals surface area contributed by atoms with Gasteiger partial charge in [0.15, 0.2) is 5.65 Å². The first-order valence-corrected chi connectivity index (χ1v) is 8.32. The Bertz CT molecular complexity index is 1070. The fourth-order valence-electron chi connectivity index (χ4n) is 2.79. The lowest BCUT2D eigenvalue weighted by molar-refractivity contribution is 0.0951. The first-order chi connectivity index (χ1) is 12.7. The van der Waals surface area contributed by atoms with E-state index >= 15 is 0 Å². The molecule has 0 aliphatic carbocycles. The van der Waals surface area contributed by atoms with Crippen LogP contribution in [0.2, 0.25) is 0 Å². The third-order valence-electron chi connectivity index (χ3n) is 4.20. The summed E-state index contributed by atoms with van der Waals surface area (Å²) in [6.07, 6.45) is 1.70. The third-order valence-corrected chi connectivity index (χ3v) is 4.20. The van der Waals surface area contributed by atoms with Crippen LogP contribution in [0.4, 0.5) is 0 Å². The molecule has 4 aromatic rings. The molecule has 6 nitrogen and oxygen atoms in total. The van der Waals surface area contributed by atoms with E-state index in [0.29, 0.717) is 23.3 Å². The van der Waals surface area contributed by atoms with Gasteiger partial charge >= 0.3 is 0 Å². The lowest BCUT2D eigenvalue weighted by atomic mass is 10.1. The lowest BCUT2D eigenvalue weighted by Gasteiger charge is -2.10. The van der Waals surface area contributed by atoms with Gasteiger partial charge in [0.2, 0.25) is 0 Å². The molecule has 128 valence electrons. The van der Waals surface area contributed by atoms with Gasteiger partial charge in [-0.2, -0.15) is 4.68 Å². The van der Waals surface area contributed by atoms with E-state index in [2.05, 4.69) is 20.6 Å². The summed E-state index contributed by atoms with van der Waals surface area (Å²) in [6, 6.07) is 19.0. The number of aryl methyl sites for hydroxylation is 1. The first kappa shape index (κ1) is 16.0. The van der Waals surface area contributed by atoms with Crippen molar-refractivity contribution in [2.24, 2.45) is 0 Å². The molecule has 0 unspecified atom stereocenters. The molecule has 6 heteroatoms. The summed E-state index contributed by atoms with van der Waals surface area (Å²) in [4.78, 5) is 16.9. The van der Waals surface area contributed by atoms with Gasteiger partial charge in [-0.15, -0.1) is 5.10 Å². The molecule has 0 bridgehead atoms. The Morgan fingerprint density at radius 2 is 1.92 bits per heavy atom. The third kappa shape index (κ3) is 3.04. The minimum atomic E-state index is -0.132. The van der Waals surface area contributed by atoms with E-state index in [1.165, 1.54) is 0 Å². The van der Waals surface area contributed by atoms with E-state index in [-0.39, 0.29) is 5.91 Å². The molecular weight excluding hydrogens is 326 g/mol. The van der Waals surface area contributed by atoms with Crippen LogP contribution in [0.3, 0.4) is 0 Å². The summed E-state index contributed by atoms with van der Waals surface area (Å²) in [6.45, 7) is 2.45. The Labute approximate surface area is 150 Å². The molecule has 0 saturated heterocycles. The molecule has 1 amide bonds. The van der Waals surface area contributed by atoms with E-state index in [4.69, 9.17) is 0 Å². The van der Waals surface area contributed by atoms with Crippen molar-refractivity contribution in [3.8, 4) is 5.69 Å². The summed E-state index contributed by atoms with van der Waals surface area (Å²) < 4.78 is 1.67. The zero-order valence-electron chi connectivity index (χ0n) is 14.3. The van der Waals surface area contributed by atoms with Crippen molar-refractivity contribution in [2.45, 2.75) is 13.5 Å². The number of nitrogens with one attached hydrogen (secondary N) is 1. The van der Waals surface area contributed by atoms with Gasteiger partial charge in [-0.05, 0) is 42.3 Å². The van der Waals surface area contributed by atoms with Crippen LogP contribution < -0.4 is 5.32 Å². The highest BCUT2D eigenvalue weighted by Crippen LogP contribution is 2.19. The number of aromatic nitrogens is 4. The quantitative estimate of drug-likeness (QED) is 0.618. The highest BCUT2D eigenvalue weighted by Gasteiger charge is 2.13. The molecule has 4 rings (SSSR count). The van der Waals surface area contributed by atoms with E-state index in [9.17, 15) is 4.79 Å². The van der Waals surface area contributed by atoms with Crippen molar-refractivity contribution >= 4 is 17.1 Å². The van der Waals surface area contributed by atoms with Crippen molar-refractivity contribution in [3.63, 3.8) is 0 Å². The normalized spacial score (nSPS) is 10.8. The fourth-order valence-corrected chi connectivity index (χ4v) is 2.79. The monoisotopic (exact) mass is 343 g/mol. The number of hydrogen-bond acceptors (Lipinski definition) is 4. The van der Waals surface area contributed by atoms with Gasteiger partial charge in [-0.25, -0.2) is 4.98 Å². The first-order valence-electron chi connectivity index (χ1n) is 8.32. The molecule has 2 aromatic heterocycles. The number of rotatable bonds is 4. The van der Waals surface area contributed by atoms with Crippen molar-refractivity contribution in [1.29, 1.82) is 0 Å². The summed E-state index contributed by atoms with van der Waals surface area (Å²) in [5.74, 6) is -0.132. The molecule has 2 aromatic carbocycles. The van der Waals surface area contributed by atoms with E-state index in [1.54, 1.807) is 10.9 Å². The molecule has 26 heavy (non-hydrogen) atoms. The van der Waals surface area contributed by atoms with Crippen LogP contribution in [-0.4, -0.2) is 25.9 Å². The summed E-state index contributed by atoms with van der Waals surface area (Å²) in [5.41, 5.74) is 4.78. The standard InChI is InChI=1S/C20H17N5O/c1-14-9-10-16(20(26)22-13-15-6-3-2-4-7-15)12-18(14)25-19-17(23-24-25)8-5-11-21-19/h2-12H,13H2,1H3,(H,22,26). The van der Waals surface area contributed by atoms with Crippen LogP contribution in [0.5, 0.6) is 0 Å². The predicted molar refractivity (Wildman–Crippen MR) is 99.0 cm³/mol. The molecule has 1 N–H and O–H groups in total. The second kappa shape index (κ2) is 6.76. The molecule has 0 atom stereocenters. The van der Waals surface area contributed by atoms with Gasteiger partial charge in [0.05, 0.1) is 5.69 Å². The van der Waals surface area contributed by atoms with Crippen molar-refractivity contribution in [2.75, 3.05) is 0 Å². The van der Waals surface area contributed by atoms with Crippen LogP contribution >= 0.6 is 0 Å². The summed E-state index contributed by atoms with van der Waals surface area (Å²) in [5, 5.41) is 11.3. The Kier molecular flexibility index (Phi) is 4.15. The van der Waals surface area contributed by atoms with E-state index in [1.807, 2.05) is 67.6 Å². The van der Waals surface area contributed by atoms with Crippen LogP contribution in [-0.2, 0) is 6.54 Å². The van der Waals surface area contributed by atoms with Crippen molar-refractivity contribution < 1.29 is 4.79 Å². The molecule has 0 aliphatic heterocycles. The average Bonchev–Trinajstić information content (AvgIpc) is 3.11. The van der Waals surface area contributed by atoms with Crippen molar-refractivity contribution in [1.82, 2.24) is 25.3 Å². The molecular formula is C20H17N5O. The van der Waals surface area contributed by atoms with Crippen LogP contribution in [0.25, 0.3) is 16.9 Å². The second-order valence-electron chi connectivity index (χ2n) is 6.02. The number of carbonyl (C=O) groups is 1. The van der Waals surface area contributed by atoms with Gasteiger partial charge in [-0.3, -0.25) is 4.79 Å². The lowest BCUT2D eigenvalue weighted by Crippen LogP contribution is -2.23. The predicted octanol–water partition coefficient (Wildman–Crippen LogP) is 3.05. The minimum Gasteiger partial charge on any atom is -0.348 e. The Balaban J connectivity index is 1.63. The zero-order valence-corrected chi connectivity index (χ0v) is 14.3. The number of fused-ring (bicyclic) bond motifs is 1. The topological polar surface area (TPSA) is 72.7 Å². The average molecular weight is 343 g/mol. The number of hydrogen-bond donors (Lipinski definition) is 1. The van der Waals surface area contributed by atoms with Crippen LogP contribution in [0.1, 0.15) is 21.5 Å². The maximum absolute atomic E-state index is 12.5. The molecule has 0 saturated carbocycles. The fraction of sp³-hybridized carbons (Fsp3) is 0.100. The molecule has 2 heterocycles. The summed E-state index contributed by atoms with van der Waals surface area (Å²) >= 11 is 0.